The second kappa shape index (κ2) is 8.27. The molecule has 2 N–H and O–H groups in total. The number of hydrogen-bond acceptors (Lipinski definition) is 5. The Kier molecular flexibility index (Phi) is 5.51. The lowest BCUT2D eigenvalue weighted by Gasteiger charge is -2.10. The van der Waals surface area contributed by atoms with Crippen LogP contribution in [0.15, 0.2) is 59.6 Å². The van der Waals surface area contributed by atoms with Gasteiger partial charge in [-0.1, -0.05) is 0 Å². The van der Waals surface area contributed by atoms with Gasteiger partial charge in [0.05, 0.1) is 16.8 Å². The maximum atomic E-state index is 13.8. The predicted molar refractivity (Wildman–Crippen MR) is 116 cm³/mol. The van der Waals surface area contributed by atoms with Crippen LogP contribution in [0.2, 0.25) is 0 Å². The molecule has 7 nitrogen and oxygen atoms in total. The van der Waals surface area contributed by atoms with Crippen molar-refractivity contribution in [1.29, 1.82) is 0 Å². The van der Waals surface area contributed by atoms with Crippen LogP contribution in [0.25, 0.3) is 10.9 Å². The minimum Gasteiger partial charge on any atom is -0.481 e. The van der Waals surface area contributed by atoms with Crippen molar-refractivity contribution in [3.05, 3.63) is 77.5 Å². The van der Waals surface area contributed by atoms with Gasteiger partial charge < -0.3 is 10.4 Å². The maximum Gasteiger partial charge on any atom is 0.307 e. The van der Waals surface area contributed by atoms with Crippen molar-refractivity contribution in [2.75, 3.05) is 5.32 Å². The molecular formula is C22H19FN4O3S. The van der Waals surface area contributed by atoms with Gasteiger partial charge in [-0.05, 0) is 67.9 Å². The summed E-state index contributed by atoms with van der Waals surface area (Å²) in [7, 11) is -1.65. The van der Waals surface area contributed by atoms with Crippen molar-refractivity contribution < 1.29 is 18.5 Å². The number of aromatic nitrogens is 3. The van der Waals surface area contributed by atoms with Crippen LogP contribution in [0.3, 0.4) is 0 Å². The van der Waals surface area contributed by atoms with E-state index in [1.165, 1.54) is 18.2 Å². The fourth-order valence-electron chi connectivity index (χ4n) is 3.41. The predicted octanol–water partition coefficient (Wildman–Crippen LogP) is 4.13. The van der Waals surface area contributed by atoms with Crippen LogP contribution in [0.4, 0.5) is 16.0 Å². The maximum absolute atomic E-state index is 13.8. The lowest BCUT2D eigenvalue weighted by Crippen LogP contribution is -2.08. The molecule has 158 valence electrons. The summed E-state index contributed by atoms with van der Waals surface area (Å²) in [5.41, 5.74) is 3.05. The largest absolute Gasteiger partial charge is 0.481 e. The third kappa shape index (κ3) is 4.17. The summed E-state index contributed by atoms with van der Waals surface area (Å²) >= 11 is 0. The topological polar surface area (TPSA) is 97.1 Å². The van der Waals surface area contributed by atoms with E-state index in [-0.39, 0.29) is 6.42 Å². The summed E-state index contributed by atoms with van der Waals surface area (Å²) in [6.07, 6.45) is 1.38. The molecule has 4 aromatic rings. The van der Waals surface area contributed by atoms with Gasteiger partial charge in [-0.3, -0.25) is 8.77 Å². The SMILES string of the molecule is Cc1ccnc(Nc2ccc(S(=O)n3c(C)c(CC(=O)O)c4cc(F)ccc43)cc2)n1. The summed E-state index contributed by atoms with van der Waals surface area (Å²) in [4.78, 5) is 20.3. The van der Waals surface area contributed by atoms with E-state index in [9.17, 15) is 18.5 Å². The normalized spacial score (nSPS) is 12.1. The Balaban J connectivity index is 1.69. The molecular weight excluding hydrogens is 419 g/mol. The van der Waals surface area contributed by atoms with Gasteiger partial charge in [-0.2, -0.15) is 0 Å². The van der Waals surface area contributed by atoms with Crippen LogP contribution in [0, 0.1) is 19.7 Å². The van der Waals surface area contributed by atoms with Gasteiger partial charge in [0.2, 0.25) is 5.95 Å². The average Bonchev–Trinajstić information content (AvgIpc) is 2.99. The van der Waals surface area contributed by atoms with E-state index in [2.05, 4.69) is 15.3 Å². The molecule has 2 aromatic heterocycles. The highest BCUT2D eigenvalue weighted by atomic mass is 32.2. The molecule has 9 heteroatoms. The minimum atomic E-state index is -1.65. The average molecular weight is 438 g/mol. The third-order valence-electron chi connectivity index (χ3n) is 4.84. The van der Waals surface area contributed by atoms with Gasteiger partial charge in [0.1, 0.15) is 5.82 Å². The van der Waals surface area contributed by atoms with Crippen LogP contribution < -0.4 is 5.32 Å². The van der Waals surface area contributed by atoms with Crippen LogP contribution >= 0.6 is 0 Å². The first-order chi connectivity index (χ1) is 14.8. The Bertz CT molecular complexity index is 1320. The molecule has 0 saturated heterocycles. The summed E-state index contributed by atoms with van der Waals surface area (Å²) in [6.45, 7) is 3.56. The van der Waals surface area contributed by atoms with Crippen molar-refractivity contribution in [3.8, 4) is 0 Å². The number of halogens is 1. The number of aryl methyl sites for hydroxylation is 1. The summed E-state index contributed by atoms with van der Waals surface area (Å²) in [5, 5.41) is 12.8. The fourth-order valence-corrected chi connectivity index (χ4v) is 4.69. The Morgan fingerprint density at radius 1 is 1.16 bits per heavy atom. The van der Waals surface area contributed by atoms with Crippen LogP contribution in [0.5, 0.6) is 0 Å². The van der Waals surface area contributed by atoms with Crippen molar-refractivity contribution in [2.45, 2.75) is 25.2 Å². The van der Waals surface area contributed by atoms with Crippen LogP contribution in [0.1, 0.15) is 17.0 Å². The first kappa shape index (κ1) is 20.7. The molecule has 31 heavy (non-hydrogen) atoms. The van der Waals surface area contributed by atoms with E-state index < -0.39 is 22.8 Å². The smallest absolute Gasteiger partial charge is 0.307 e. The van der Waals surface area contributed by atoms with Gasteiger partial charge in [-0.25, -0.2) is 18.6 Å². The van der Waals surface area contributed by atoms with Crippen molar-refractivity contribution in [2.24, 2.45) is 0 Å². The van der Waals surface area contributed by atoms with E-state index in [1.54, 1.807) is 47.4 Å². The molecule has 0 amide bonds. The molecule has 1 atom stereocenters. The van der Waals surface area contributed by atoms with E-state index in [1.807, 2.05) is 6.92 Å². The highest BCUT2D eigenvalue weighted by Crippen LogP contribution is 2.30. The second-order valence-electron chi connectivity index (χ2n) is 7.01. The number of hydrogen-bond donors (Lipinski definition) is 2. The molecule has 0 bridgehead atoms. The number of carboxylic acids is 1. The number of anilines is 2. The van der Waals surface area contributed by atoms with Crippen molar-refractivity contribution in [3.63, 3.8) is 0 Å². The second-order valence-corrected chi connectivity index (χ2v) is 8.35. The number of rotatable bonds is 6. The Hall–Kier alpha value is -3.59. The van der Waals surface area contributed by atoms with Gasteiger partial charge in [0, 0.05) is 28.7 Å². The van der Waals surface area contributed by atoms with Gasteiger partial charge in [0.25, 0.3) is 0 Å². The molecule has 4 rings (SSSR count). The molecule has 2 heterocycles. The number of nitrogens with zero attached hydrogens (tertiary/aromatic N) is 3. The number of nitrogens with one attached hydrogen (secondary N) is 1. The highest BCUT2D eigenvalue weighted by Gasteiger charge is 2.21. The molecule has 2 aromatic carbocycles. The van der Waals surface area contributed by atoms with Crippen molar-refractivity contribution >= 4 is 39.5 Å². The lowest BCUT2D eigenvalue weighted by molar-refractivity contribution is -0.136. The van der Waals surface area contributed by atoms with Crippen molar-refractivity contribution in [1.82, 2.24) is 13.9 Å². The fraction of sp³-hybridized carbons (Fsp3) is 0.136. The van der Waals surface area contributed by atoms with Gasteiger partial charge in [-0.15, -0.1) is 0 Å². The number of carboxylic acid groups (broad SMARTS) is 1. The summed E-state index contributed by atoms with van der Waals surface area (Å²) < 4.78 is 28.7. The zero-order chi connectivity index (χ0) is 22.1. The minimum absolute atomic E-state index is 0.282. The van der Waals surface area contributed by atoms with E-state index in [4.69, 9.17) is 0 Å². The molecule has 0 saturated carbocycles. The first-order valence-electron chi connectivity index (χ1n) is 9.43. The Morgan fingerprint density at radius 2 is 1.90 bits per heavy atom. The molecule has 0 radical (unpaired) electrons. The molecule has 0 fully saturated rings. The highest BCUT2D eigenvalue weighted by molar-refractivity contribution is 7.83. The number of fused-ring (bicyclic) bond motifs is 1. The molecule has 0 aliphatic rings. The Labute approximate surface area is 180 Å². The number of aliphatic carboxylic acids is 1. The Morgan fingerprint density at radius 3 is 2.58 bits per heavy atom. The third-order valence-corrected chi connectivity index (χ3v) is 6.32. The summed E-state index contributed by atoms with van der Waals surface area (Å²) in [6, 6.07) is 12.8. The van der Waals surface area contributed by atoms with E-state index >= 15 is 0 Å². The molecule has 0 aliphatic heterocycles. The zero-order valence-electron chi connectivity index (χ0n) is 16.8. The standard InChI is InChI=1S/C22H19FN4O3S/c1-13-9-10-24-22(25-13)26-16-4-6-17(7-5-16)31(30)27-14(2)18(12-21(28)29)19-11-15(23)3-8-20(19)27/h3-11H,12H2,1-2H3,(H,28,29)(H,24,25,26). The van der Waals surface area contributed by atoms with E-state index in [0.717, 1.165) is 11.4 Å². The molecule has 0 aliphatic carbocycles. The number of carbonyl (C=O) groups is 1. The van der Waals surface area contributed by atoms with E-state index in [0.29, 0.717) is 33.0 Å². The molecule has 0 spiro atoms. The van der Waals surface area contributed by atoms with Gasteiger partial charge in [0.15, 0.2) is 11.0 Å². The zero-order valence-corrected chi connectivity index (χ0v) is 17.6. The monoisotopic (exact) mass is 438 g/mol. The lowest BCUT2D eigenvalue weighted by atomic mass is 10.1. The molecule has 1 unspecified atom stereocenters. The van der Waals surface area contributed by atoms with Gasteiger partial charge >= 0.3 is 5.97 Å². The number of benzene rings is 2. The quantitative estimate of drug-likeness (QED) is 0.470. The first-order valence-corrected chi connectivity index (χ1v) is 10.5. The van der Waals surface area contributed by atoms with Crippen LogP contribution in [-0.2, 0) is 22.2 Å². The van der Waals surface area contributed by atoms with Crippen LogP contribution in [-0.4, -0.2) is 29.2 Å². The summed E-state index contributed by atoms with van der Waals surface area (Å²) in [5.74, 6) is -1.05.